The fourth-order valence-corrected chi connectivity index (χ4v) is 1.62. The number of carbonyl (C=O) groups excluding carboxylic acids is 2. The van der Waals surface area contributed by atoms with E-state index in [9.17, 15) is 9.59 Å². The van der Waals surface area contributed by atoms with Gasteiger partial charge in [0.25, 0.3) is 5.91 Å². The molecule has 0 spiro atoms. The smallest absolute Gasteiger partial charge is 0.338 e. The number of aryl methyl sites for hydroxylation is 1. The van der Waals surface area contributed by atoms with Crippen molar-refractivity contribution in [2.24, 2.45) is 0 Å². The van der Waals surface area contributed by atoms with Crippen LogP contribution in [0.1, 0.15) is 16.1 Å². The Balaban J connectivity index is 1.85. The number of hydrogen-bond donors (Lipinski definition) is 1. The molecule has 0 saturated carbocycles. The van der Waals surface area contributed by atoms with Crippen LogP contribution in [-0.4, -0.2) is 23.6 Å². The van der Waals surface area contributed by atoms with Crippen molar-refractivity contribution in [3.8, 4) is 0 Å². The number of esters is 1. The summed E-state index contributed by atoms with van der Waals surface area (Å²) in [6.07, 6.45) is 0. The number of anilines is 1. The van der Waals surface area contributed by atoms with Gasteiger partial charge in [-0.1, -0.05) is 22.8 Å². The van der Waals surface area contributed by atoms with Gasteiger partial charge in [0.15, 0.2) is 12.4 Å². The van der Waals surface area contributed by atoms with Gasteiger partial charge in [0.2, 0.25) is 0 Å². The van der Waals surface area contributed by atoms with E-state index in [4.69, 9.17) is 20.9 Å². The minimum absolute atomic E-state index is 0.270. The fourth-order valence-electron chi connectivity index (χ4n) is 1.43. The van der Waals surface area contributed by atoms with Gasteiger partial charge in [-0.2, -0.15) is 0 Å². The summed E-state index contributed by atoms with van der Waals surface area (Å²) in [6, 6.07) is 7.82. The third-order valence-electron chi connectivity index (χ3n) is 2.29. The molecular weight excluding hydrogens is 284 g/mol. The molecule has 0 unspecified atom stereocenters. The van der Waals surface area contributed by atoms with Crippen molar-refractivity contribution in [1.29, 1.82) is 0 Å². The highest BCUT2D eigenvalue weighted by Gasteiger charge is 2.11. The van der Waals surface area contributed by atoms with E-state index in [0.717, 1.165) is 0 Å². The number of amides is 1. The molecule has 1 aromatic heterocycles. The molecule has 0 fully saturated rings. The molecule has 0 aliphatic rings. The highest BCUT2D eigenvalue weighted by Crippen LogP contribution is 2.11. The molecule has 0 atom stereocenters. The van der Waals surface area contributed by atoms with E-state index in [-0.39, 0.29) is 11.4 Å². The predicted molar refractivity (Wildman–Crippen MR) is 71.6 cm³/mol. The SMILES string of the molecule is Cc1cc(NC(=O)COC(=O)c2cccc(Cl)c2)no1. The molecule has 0 aliphatic heterocycles. The minimum atomic E-state index is -0.626. The summed E-state index contributed by atoms with van der Waals surface area (Å²) in [5.74, 6) is -0.296. The van der Waals surface area contributed by atoms with Crippen LogP contribution in [0.3, 0.4) is 0 Å². The first-order chi connectivity index (χ1) is 9.54. The minimum Gasteiger partial charge on any atom is -0.452 e. The van der Waals surface area contributed by atoms with E-state index in [1.165, 1.54) is 6.07 Å². The maximum absolute atomic E-state index is 11.7. The fraction of sp³-hybridized carbons (Fsp3) is 0.154. The maximum Gasteiger partial charge on any atom is 0.338 e. The van der Waals surface area contributed by atoms with Crippen molar-refractivity contribution in [2.75, 3.05) is 11.9 Å². The number of aromatic nitrogens is 1. The van der Waals surface area contributed by atoms with Crippen molar-refractivity contribution in [3.63, 3.8) is 0 Å². The topological polar surface area (TPSA) is 81.4 Å². The van der Waals surface area contributed by atoms with Crippen LogP contribution >= 0.6 is 11.6 Å². The van der Waals surface area contributed by atoms with Crippen LogP contribution in [0.25, 0.3) is 0 Å². The molecule has 1 N–H and O–H groups in total. The lowest BCUT2D eigenvalue weighted by Crippen LogP contribution is -2.21. The Morgan fingerprint density at radius 2 is 2.20 bits per heavy atom. The first-order valence-corrected chi connectivity index (χ1v) is 6.08. The summed E-state index contributed by atoms with van der Waals surface area (Å²) in [5.41, 5.74) is 0.280. The predicted octanol–water partition coefficient (Wildman–Crippen LogP) is 2.43. The van der Waals surface area contributed by atoms with E-state index in [1.807, 2.05) is 0 Å². The Morgan fingerprint density at radius 3 is 2.85 bits per heavy atom. The lowest BCUT2D eigenvalue weighted by molar-refractivity contribution is -0.119. The van der Waals surface area contributed by atoms with Crippen molar-refractivity contribution in [2.45, 2.75) is 6.92 Å². The van der Waals surface area contributed by atoms with Gasteiger partial charge in [-0.3, -0.25) is 4.79 Å². The van der Waals surface area contributed by atoms with Crippen molar-refractivity contribution in [1.82, 2.24) is 5.16 Å². The summed E-state index contributed by atoms with van der Waals surface area (Å²) >= 11 is 5.76. The van der Waals surface area contributed by atoms with Gasteiger partial charge in [0.1, 0.15) is 5.76 Å². The molecule has 1 amide bonds. The van der Waals surface area contributed by atoms with Gasteiger partial charge >= 0.3 is 5.97 Å². The summed E-state index contributed by atoms with van der Waals surface area (Å²) in [5, 5.41) is 6.44. The highest BCUT2D eigenvalue weighted by molar-refractivity contribution is 6.30. The van der Waals surface area contributed by atoms with E-state index < -0.39 is 18.5 Å². The van der Waals surface area contributed by atoms with Crippen LogP contribution in [0.2, 0.25) is 5.02 Å². The largest absolute Gasteiger partial charge is 0.452 e. The average Bonchev–Trinajstić information content (AvgIpc) is 2.81. The molecule has 0 bridgehead atoms. The molecule has 6 nitrogen and oxygen atoms in total. The summed E-state index contributed by atoms with van der Waals surface area (Å²) in [6.45, 7) is 1.28. The number of benzene rings is 1. The lowest BCUT2D eigenvalue weighted by atomic mass is 10.2. The molecule has 104 valence electrons. The monoisotopic (exact) mass is 294 g/mol. The Labute approximate surface area is 119 Å². The van der Waals surface area contributed by atoms with E-state index in [1.54, 1.807) is 31.2 Å². The van der Waals surface area contributed by atoms with Crippen molar-refractivity contribution < 1.29 is 18.8 Å². The van der Waals surface area contributed by atoms with Crippen LogP contribution in [0, 0.1) is 6.92 Å². The maximum atomic E-state index is 11.7. The first-order valence-electron chi connectivity index (χ1n) is 5.70. The number of halogens is 1. The molecule has 0 aliphatic carbocycles. The number of rotatable bonds is 4. The van der Waals surface area contributed by atoms with Crippen LogP contribution in [-0.2, 0) is 9.53 Å². The van der Waals surface area contributed by atoms with Gasteiger partial charge in [-0.15, -0.1) is 0 Å². The Morgan fingerprint density at radius 1 is 1.40 bits per heavy atom. The standard InChI is InChI=1S/C13H11ClN2O4/c1-8-5-11(16-20-8)15-12(17)7-19-13(18)9-3-2-4-10(14)6-9/h2-6H,7H2,1H3,(H,15,16,17). The molecule has 0 saturated heterocycles. The average molecular weight is 295 g/mol. The molecule has 7 heteroatoms. The molecule has 1 aromatic carbocycles. The van der Waals surface area contributed by atoms with Gasteiger partial charge in [0, 0.05) is 11.1 Å². The Bertz CT molecular complexity index is 639. The van der Waals surface area contributed by atoms with Crippen LogP contribution < -0.4 is 5.32 Å². The Hall–Kier alpha value is -2.34. The number of nitrogens with one attached hydrogen (secondary N) is 1. The number of nitrogens with zero attached hydrogens (tertiary/aromatic N) is 1. The zero-order valence-electron chi connectivity index (χ0n) is 10.6. The quantitative estimate of drug-likeness (QED) is 0.876. The van der Waals surface area contributed by atoms with Crippen LogP contribution in [0.15, 0.2) is 34.9 Å². The molecule has 1 heterocycles. The normalized spacial score (nSPS) is 10.1. The first kappa shape index (κ1) is 14.1. The van der Waals surface area contributed by atoms with E-state index in [2.05, 4.69) is 10.5 Å². The molecule has 2 rings (SSSR count). The zero-order valence-corrected chi connectivity index (χ0v) is 11.3. The van der Waals surface area contributed by atoms with Gasteiger partial charge < -0.3 is 14.6 Å². The highest BCUT2D eigenvalue weighted by atomic mass is 35.5. The second-order valence-corrected chi connectivity index (χ2v) is 4.39. The number of carbonyl (C=O) groups is 2. The summed E-state index contributed by atoms with van der Waals surface area (Å²) in [7, 11) is 0. The van der Waals surface area contributed by atoms with Crippen LogP contribution in [0.4, 0.5) is 5.82 Å². The lowest BCUT2D eigenvalue weighted by Gasteiger charge is -2.04. The Kier molecular flexibility index (Phi) is 4.37. The van der Waals surface area contributed by atoms with Gasteiger partial charge in [-0.05, 0) is 25.1 Å². The van der Waals surface area contributed by atoms with Crippen LogP contribution in [0.5, 0.6) is 0 Å². The van der Waals surface area contributed by atoms with Gasteiger partial charge in [0.05, 0.1) is 5.56 Å². The molecule has 2 aromatic rings. The summed E-state index contributed by atoms with van der Waals surface area (Å²) < 4.78 is 9.64. The van der Waals surface area contributed by atoms with Crippen molar-refractivity contribution >= 4 is 29.3 Å². The van der Waals surface area contributed by atoms with E-state index in [0.29, 0.717) is 10.8 Å². The van der Waals surface area contributed by atoms with Gasteiger partial charge in [-0.25, -0.2) is 4.79 Å². The molecule has 0 radical (unpaired) electrons. The second-order valence-electron chi connectivity index (χ2n) is 3.96. The third-order valence-corrected chi connectivity index (χ3v) is 2.53. The third kappa shape index (κ3) is 3.83. The van der Waals surface area contributed by atoms with E-state index >= 15 is 0 Å². The molecular formula is C13H11ClN2O4. The van der Waals surface area contributed by atoms with Crippen molar-refractivity contribution in [3.05, 3.63) is 46.7 Å². The molecule has 20 heavy (non-hydrogen) atoms. The number of ether oxygens (including phenoxy) is 1. The summed E-state index contributed by atoms with van der Waals surface area (Å²) in [4.78, 5) is 23.2. The zero-order chi connectivity index (χ0) is 14.5. The number of hydrogen-bond acceptors (Lipinski definition) is 5. The second kappa shape index (κ2) is 6.21.